The number of aryl methyl sites for hydroxylation is 2. The molecular weight excluding hydrogens is 360 g/mol. The highest BCUT2D eigenvalue weighted by molar-refractivity contribution is 7.92. The van der Waals surface area contributed by atoms with E-state index in [0.717, 1.165) is 5.56 Å². The summed E-state index contributed by atoms with van der Waals surface area (Å²) in [6.07, 6.45) is 3.29. The Morgan fingerprint density at radius 1 is 1.04 bits per heavy atom. The molecule has 0 unspecified atom stereocenters. The summed E-state index contributed by atoms with van der Waals surface area (Å²) in [6.45, 7) is 11.7. The Morgan fingerprint density at radius 3 is 2.19 bits per heavy atom. The maximum Gasteiger partial charge on any atom is 0.262 e. The lowest BCUT2D eigenvalue weighted by Crippen LogP contribution is -2.31. The lowest BCUT2D eigenvalue weighted by molar-refractivity contribution is 0.0791. The molecule has 142 valence electrons. The normalized spacial score (nSPS) is 10.9. The first-order valence-corrected chi connectivity index (χ1v) is 9.98. The molecule has 1 amide bonds. The van der Waals surface area contributed by atoms with Crippen LogP contribution in [0.3, 0.4) is 0 Å². The molecule has 0 saturated carbocycles. The number of nitrogens with one attached hydrogen (secondary N) is 1. The minimum Gasteiger partial charge on any atom is -0.331 e. The summed E-state index contributed by atoms with van der Waals surface area (Å²) in [7, 11) is -3.71. The number of carbonyl (C=O) groups is 1. The van der Waals surface area contributed by atoms with Gasteiger partial charge in [-0.2, -0.15) is 0 Å². The molecule has 6 heteroatoms. The Balaban J connectivity index is 2.22. The maximum atomic E-state index is 12.7. The first-order chi connectivity index (χ1) is 12.8. The first kappa shape index (κ1) is 20.5. The van der Waals surface area contributed by atoms with E-state index < -0.39 is 10.0 Å². The van der Waals surface area contributed by atoms with E-state index in [0.29, 0.717) is 29.9 Å². The summed E-state index contributed by atoms with van der Waals surface area (Å²) in [5.41, 5.74) is 2.40. The molecule has 0 bridgehead atoms. The van der Waals surface area contributed by atoms with Crippen molar-refractivity contribution in [1.82, 2.24) is 4.90 Å². The SMILES string of the molecule is C=CCN(CC=C)C(=O)c1ccc(NS(=O)(=O)c2cc(C)ccc2C)cc1. The summed E-state index contributed by atoms with van der Waals surface area (Å²) in [4.78, 5) is 14.4. The third-order valence-electron chi connectivity index (χ3n) is 4.00. The monoisotopic (exact) mass is 384 g/mol. The molecule has 2 aromatic rings. The highest BCUT2D eigenvalue weighted by Gasteiger charge is 2.18. The van der Waals surface area contributed by atoms with Crippen molar-refractivity contribution in [3.63, 3.8) is 0 Å². The quantitative estimate of drug-likeness (QED) is 0.702. The lowest BCUT2D eigenvalue weighted by atomic mass is 10.2. The summed E-state index contributed by atoms with van der Waals surface area (Å²) in [5, 5.41) is 0. The summed E-state index contributed by atoms with van der Waals surface area (Å²) in [6, 6.07) is 11.6. The summed E-state index contributed by atoms with van der Waals surface area (Å²) < 4.78 is 27.9. The van der Waals surface area contributed by atoms with Crippen molar-refractivity contribution in [2.75, 3.05) is 17.8 Å². The molecule has 0 aliphatic heterocycles. The van der Waals surface area contributed by atoms with Gasteiger partial charge in [-0.15, -0.1) is 13.2 Å². The zero-order valence-electron chi connectivity index (χ0n) is 15.6. The smallest absolute Gasteiger partial charge is 0.262 e. The summed E-state index contributed by atoms with van der Waals surface area (Å²) in [5.74, 6) is -0.168. The van der Waals surface area contributed by atoms with Crippen LogP contribution in [0.25, 0.3) is 0 Å². The molecular formula is C21H24N2O3S. The fraction of sp³-hybridized carbons (Fsp3) is 0.190. The highest BCUT2D eigenvalue weighted by atomic mass is 32.2. The van der Waals surface area contributed by atoms with E-state index in [-0.39, 0.29) is 10.8 Å². The van der Waals surface area contributed by atoms with Crippen molar-refractivity contribution >= 4 is 21.6 Å². The topological polar surface area (TPSA) is 66.5 Å². The number of rotatable bonds is 8. The standard InChI is InChI=1S/C21H24N2O3S/c1-5-13-23(14-6-2)21(24)18-9-11-19(12-10-18)22-27(25,26)20-15-16(3)7-8-17(20)4/h5-12,15,22H,1-2,13-14H2,3-4H3. The molecule has 0 fully saturated rings. The van der Waals surface area contributed by atoms with Crippen LogP contribution < -0.4 is 4.72 Å². The molecule has 0 spiro atoms. The van der Waals surface area contributed by atoms with E-state index in [2.05, 4.69) is 17.9 Å². The van der Waals surface area contributed by atoms with E-state index in [4.69, 9.17) is 0 Å². The van der Waals surface area contributed by atoms with Crippen molar-refractivity contribution in [1.29, 1.82) is 0 Å². The van der Waals surface area contributed by atoms with Crippen LogP contribution in [-0.2, 0) is 10.0 Å². The minimum absolute atomic E-state index is 0.168. The van der Waals surface area contributed by atoms with Crippen LogP contribution in [0.4, 0.5) is 5.69 Å². The molecule has 0 aromatic heterocycles. The van der Waals surface area contributed by atoms with Gasteiger partial charge in [-0.1, -0.05) is 24.3 Å². The third kappa shape index (κ3) is 5.08. The van der Waals surface area contributed by atoms with Crippen LogP contribution in [0.5, 0.6) is 0 Å². The fourth-order valence-corrected chi connectivity index (χ4v) is 4.01. The Bertz CT molecular complexity index is 938. The minimum atomic E-state index is -3.71. The van der Waals surface area contributed by atoms with Gasteiger partial charge in [-0.05, 0) is 55.3 Å². The van der Waals surface area contributed by atoms with Gasteiger partial charge in [0.15, 0.2) is 0 Å². The molecule has 1 N–H and O–H groups in total. The number of amides is 1. The molecule has 0 atom stereocenters. The average Bonchev–Trinajstić information content (AvgIpc) is 2.63. The highest BCUT2D eigenvalue weighted by Crippen LogP contribution is 2.21. The molecule has 27 heavy (non-hydrogen) atoms. The maximum absolute atomic E-state index is 12.7. The van der Waals surface area contributed by atoms with E-state index >= 15 is 0 Å². The number of carbonyl (C=O) groups excluding carboxylic acids is 1. The zero-order chi connectivity index (χ0) is 20.0. The van der Waals surface area contributed by atoms with Crippen LogP contribution in [0.2, 0.25) is 0 Å². The first-order valence-electron chi connectivity index (χ1n) is 8.49. The molecule has 0 radical (unpaired) electrons. The Labute approximate surface area is 161 Å². The Hall–Kier alpha value is -2.86. The number of hydrogen-bond donors (Lipinski definition) is 1. The average molecular weight is 385 g/mol. The van der Waals surface area contributed by atoms with Gasteiger partial charge in [0.25, 0.3) is 15.9 Å². The number of nitrogens with zero attached hydrogens (tertiary/aromatic N) is 1. The van der Waals surface area contributed by atoms with Crippen molar-refractivity contribution in [2.24, 2.45) is 0 Å². The van der Waals surface area contributed by atoms with Crippen molar-refractivity contribution in [3.05, 3.63) is 84.5 Å². The zero-order valence-corrected chi connectivity index (χ0v) is 16.4. The van der Waals surface area contributed by atoms with Crippen LogP contribution >= 0.6 is 0 Å². The lowest BCUT2D eigenvalue weighted by Gasteiger charge is -2.19. The molecule has 2 rings (SSSR count). The van der Waals surface area contributed by atoms with E-state index in [1.807, 2.05) is 13.0 Å². The Kier molecular flexibility index (Phi) is 6.58. The Morgan fingerprint density at radius 2 is 1.63 bits per heavy atom. The second-order valence-electron chi connectivity index (χ2n) is 6.24. The van der Waals surface area contributed by atoms with Gasteiger partial charge >= 0.3 is 0 Å². The largest absolute Gasteiger partial charge is 0.331 e. The van der Waals surface area contributed by atoms with E-state index in [9.17, 15) is 13.2 Å². The molecule has 0 heterocycles. The van der Waals surface area contributed by atoms with Crippen LogP contribution in [0.15, 0.2) is 72.7 Å². The van der Waals surface area contributed by atoms with Gasteiger partial charge in [-0.3, -0.25) is 9.52 Å². The molecule has 0 aliphatic carbocycles. The van der Waals surface area contributed by atoms with Gasteiger partial charge < -0.3 is 4.90 Å². The van der Waals surface area contributed by atoms with E-state index in [1.54, 1.807) is 60.4 Å². The number of anilines is 1. The van der Waals surface area contributed by atoms with Gasteiger partial charge in [0.1, 0.15) is 0 Å². The predicted octanol–water partition coefficient (Wildman–Crippen LogP) is 3.92. The van der Waals surface area contributed by atoms with Crippen molar-refractivity contribution in [2.45, 2.75) is 18.7 Å². The van der Waals surface area contributed by atoms with Crippen molar-refractivity contribution in [3.8, 4) is 0 Å². The van der Waals surface area contributed by atoms with Crippen LogP contribution in [0.1, 0.15) is 21.5 Å². The number of hydrogen-bond acceptors (Lipinski definition) is 3. The molecule has 2 aromatic carbocycles. The number of sulfonamides is 1. The van der Waals surface area contributed by atoms with Crippen molar-refractivity contribution < 1.29 is 13.2 Å². The van der Waals surface area contributed by atoms with Crippen LogP contribution in [0, 0.1) is 13.8 Å². The second-order valence-corrected chi connectivity index (χ2v) is 7.89. The van der Waals surface area contributed by atoms with Crippen LogP contribution in [-0.4, -0.2) is 32.3 Å². The summed E-state index contributed by atoms with van der Waals surface area (Å²) >= 11 is 0. The fourth-order valence-electron chi connectivity index (χ4n) is 2.62. The van der Waals surface area contributed by atoms with Gasteiger partial charge in [-0.25, -0.2) is 8.42 Å². The molecule has 0 saturated heterocycles. The second kappa shape index (κ2) is 8.68. The number of benzene rings is 2. The van der Waals surface area contributed by atoms with Gasteiger partial charge in [0.2, 0.25) is 0 Å². The molecule has 0 aliphatic rings. The predicted molar refractivity (Wildman–Crippen MR) is 109 cm³/mol. The third-order valence-corrected chi connectivity index (χ3v) is 5.53. The van der Waals surface area contributed by atoms with E-state index in [1.165, 1.54) is 0 Å². The van der Waals surface area contributed by atoms with Gasteiger partial charge in [0, 0.05) is 24.3 Å². The van der Waals surface area contributed by atoms with Gasteiger partial charge in [0.05, 0.1) is 4.90 Å². The molecule has 5 nitrogen and oxygen atoms in total.